The van der Waals surface area contributed by atoms with Gasteiger partial charge in [0.1, 0.15) is 0 Å². The second-order valence-electron chi connectivity index (χ2n) is 5.42. The van der Waals surface area contributed by atoms with Crippen LogP contribution in [0.2, 0.25) is 44.3 Å². The Labute approximate surface area is 85.4 Å². The first kappa shape index (κ1) is 11.0. The van der Waals surface area contributed by atoms with Crippen molar-refractivity contribution in [1.29, 1.82) is 0 Å². The molecule has 1 radical (unpaired) electrons. The normalized spacial score (nSPS) is 22.6. The third-order valence-corrected chi connectivity index (χ3v) is 5.65. The van der Waals surface area contributed by atoms with Crippen LogP contribution < -0.4 is 0 Å². The Hall–Kier alpha value is -0.0862. The first-order valence-corrected chi connectivity index (χ1v) is 11.4. The molecule has 0 nitrogen and oxygen atoms in total. The zero-order valence-corrected chi connectivity index (χ0v) is 11.5. The molecule has 13 heavy (non-hydrogen) atoms. The van der Waals surface area contributed by atoms with Crippen molar-refractivity contribution in [3.05, 3.63) is 23.8 Å². The van der Waals surface area contributed by atoms with E-state index < -0.39 is 8.07 Å². The summed E-state index contributed by atoms with van der Waals surface area (Å²) in [6, 6.07) is 1.39. The van der Waals surface area contributed by atoms with Crippen LogP contribution in [0.3, 0.4) is 0 Å². The van der Waals surface area contributed by atoms with Crippen molar-refractivity contribution >= 4 is 16.9 Å². The predicted octanol–water partition coefficient (Wildman–Crippen LogP) is 3.95. The van der Waals surface area contributed by atoms with Crippen LogP contribution in [0.4, 0.5) is 0 Å². The van der Waals surface area contributed by atoms with Crippen LogP contribution in [0.5, 0.6) is 0 Å². The van der Waals surface area contributed by atoms with Gasteiger partial charge >= 0.3 is 0 Å². The molecular weight excluding hydrogens is 188 g/mol. The molecule has 1 unspecified atom stereocenters. The van der Waals surface area contributed by atoms with Gasteiger partial charge in [0.15, 0.2) is 0 Å². The van der Waals surface area contributed by atoms with Gasteiger partial charge in [-0.25, -0.2) is 0 Å². The average Bonchev–Trinajstić information content (AvgIpc) is 2.31. The summed E-state index contributed by atoms with van der Waals surface area (Å²) >= 11 is 0. The molecule has 1 atom stereocenters. The average molecular weight is 209 g/mol. The number of allylic oxidation sites excluding steroid dienone is 4. The number of hydrogen-bond acceptors (Lipinski definition) is 0. The minimum Gasteiger partial charge on any atom is -0.0804 e. The molecule has 0 amide bonds. The third-order valence-electron chi connectivity index (χ3n) is 2.37. The maximum absolute atomic E-state index is 2.46. The zero-order chi connectivity index (χ0) is 10.1. The van der Waals surface area contributed by atoms with E-state index in [0.29, 0.717) is 0 Å². The third kappa shape index (κ3) is 3.27. The minimum absolute atomic E-state index is 0.165. The quantitative estimate of drug-likeness (QED) is 0.618. The standard InChI is InChI=1S/C11H21Si2/c1-12(2)11-8-6-7-10(11)9-13(3,4)5/h6-8,11H,9H2,1-5H3. The van der Waals surface area contributed by atoms with Crippen molar-refractivity contribution in [1.82, 2.24) is 0 Å². The van der Waals surface area contributed by atoms with Crippen LogP contribution in [-0.2, 0) is 0 Å². The molecule has 0 aliphatic heterocycles. The highest BCUT2D eigenvalue weighted by Crippen LogP contribution is 2.34. The van der Waals surface area contributed by atoms with Crippen molar-refractivity contribution in [3.63, 3.8) is 0 Å². The minimum atomic E-state index is -0.902. The molecule has 0 saturated heterocycles. The smallest absolute Gasteiger partial charge is 0.0543 e. The van der Waals surface area contributed by atoms with Crippen molar-refractivity contribution in [2.45, 2.75) is 44.3 Å². The van der Waals surface area contributed by atoms with E-state index in [2.05, 4.69) is 51.0 Å². The molecule has 0 heterocycles. The number of hydrogen-bond donors (Lipinski definition) is 0. The fourth-order valence-electron chi connectivity index (χ4n) is 1.86. The predicted molar refractivity (Wildman–Crippen MR) is 66.6 cm³/mol. The molecule has 0 bridgehead atoms. The van der Waals surface area contributed by atoms with Crippen LogP contribution in [0.25, 0.3) is 0 Å². The lowest BCUT2D eigenvalue weighted by Crippen LogP contribution is -2.23. The molecule has 0 saturated carbocycles. The Morgan fingerprint density at radius 2 is 1.92 bits per heavy atom. The van der Waals surface area contributed by atoms with Gasteiger partial charge in [-0.15, -0.1) is 0 Å². The summed E-state index contributed by atoms with van der Waals surface area (Å²) in [4.78, 5) is 0. The van der Waals surface area contributed by atoms with Gasteiger partial charge in [-0.2, -0.15) is 0 Å². The van der Waals surface area contributed by atoms with Gasteiger partial charge < -0.3 is 0 Å². The lowest BCUT2D eigenvalue weighted by Gasteiger charge is -2.23. The molecule has 0 aromatic carbocycles. The molecule has 0 spiro atoms. The van der Waals surface area contributed by atoms with E-state index in [0.717, 1.165) is 5.54 Å². The lowest BCUT2D eigenvalue weighted by molar-refractivity contribution is 1.17. The van der Waals surface area contributed by atoms with Crippen molar-refractivity contribution in [2.24, 2.45) is 0 Å². The second-order valence-corrected chi connectivity index (χ2v) is 13.7. The van der Waals surface area contributed by atoms with Crippen LogP contribution in [0, 0.1) is 0 Å². The molecule has 1 rings (SSSR count). The fourth-order valence-corrected chi connectivity index (χ4v) is 5.06. The Balaban J connectivity index is 2.62. The van der Waals surface area contributed by atoms with E-state index in [4.69, 9.17) is 0 Å². The second kappa shape index (κ2) is 3.97. The molecule has 0 N–H and O–H groups in total. The van der Waals surface area contributed by atoms with E-state index in [1.807, 2.05) is 0 Å². The highest BCUT2D eigenvalue weighted by molar-refractivity contribution is 6.77. The molecule has 0 aromatic heterocycles. The van der Waals surface area contributed by atoms with E-state index in [1.165, 1.54) is 6.04 Å². The Morgan fingerprint density at radius 3 is 2.38 bits per heavy atom. The van der Waals surface area contributed by atoms with E-state index in [-0.39, 0.29) is 8.80 Å². The van der Waals surface area contributed by atoms with E-state index >= 15 is 0 Å². The zero-order valence-electron chi connectivity index (χ0n) is 9.52. The van der Waals surface area contributed by atoms with Crippen LogP contribution in [-0.4, -0.2) is 16.9 Å². The molecular formula is C11H21Si2. The summed E-state index contributed by atoms with van der Waals surface area (Å²) in [5, 5.41) is 0. The summed E-state index contributed by atoms with van der Waals surface area (Å²) in [6.45, 7) is 12.2. The van der Waals surface area contributed by atoms with Gasteiger partial charge in [0.2, 0.25) is 0 Å². The van der Waals surface area contributed by atoms with Crippen molar-refractivity contribution in [2.75, 3.05) is 0 Å². The largest absolute Gasteiger partial charge is 0.0804 e. The topological polar surface area (TPSA) is 0 Å². The molecule has 1 aliphatic carbocycles. The first-order valence-electron chi connectivity index (χ1n) is 5.07. The van der Waals surface area contributed by atoms with Gasteiger partial charge in [-0.05, 0) is 11.6 Å². The van der Waals surface area contributed by atoms with Crippen LogP contribution in [0.15, 0.2) is 23.8 Å². The van der Waals surface area contributed by atoms with Crippen LogP contribution >= 0.6 is 0 Å². The summed E-state index contributed by atoms with van der Waals surface area (Å²) in [5.41, 5.74) is 2.55. The maximum Gasteiger partial charge on any atom is 0.0543 e. The first-order chi connectivity index (χ1) is 5.90. The summed E-state index contributed by atoms with van der Waals surface area (Å²) < 4.78 is 0. The fraction of sp³-hybridized carbons (Fsp3) is 0.636. The Kier molecular flexibility index (Phi) is 3.35. The monoisotopic (exact) mass is 209 g/mol. The molecule has 0 fully saturated rings. The Bertz CT molecular complexity index is 231. The maximum atomic E-state index is 2.46. The number of rotatable bonds is 3. The van der Waals surface area contributed by atoms with Gasteiger partial charge in [0.25, 0.3) is 0 Å². The van der Waals surface area contributed by atoms with E-state index in [1.54, 1.807) is 5.57 Å². The molecule has 2 heteroatoms. The van der Waals surface area contributed by atoms with Gasteiger partial charge in [0.05, 0.1) is 8.80 Å². The molecule has 73 valence electrons. The highest BCUT2D eigenvalue weighted by atomic mass is 28.3. The summed E-state index contributed by atoms with van der Waals surface area (Å²) in [7, 11) is -1.07. The Morgan fingerprint density at radius 1 is 1.31 bits per heavy atom. The van der Waals surface area contributed by atoms with E-state index in [9.17, 15) is 0 Å². The van der Waals surface area contributed by atoms with Crippen molar-refractivity contribution < 1.29 is 0 Å². The SMILES string of the molecule is C[Si](C)C1C=CC=C1C[Si](C)(C)C. The van der Waals surface area contributed by atoms with Gasteiger partial charge in [-0.1, -0.05) is 56.5 Å². The summed E-state index contributed by atoms with van der Waals surface area (Å²) in [5.74, 6) is 0. The van der Waals surface area contributed by atoms with Crippen molar-refractivity contribution in [3.8, 4) is 0 Å². The van der Waals surface area contributed by atoms with Gasteiger partial charge in [-0.3, -0.25) is 0 Å². The molecule has 0 aromatic rings. The van der Waals surface area contributed by atoms with Gasteiger partial charge in [0, 0.05) is 8.07 Å². The highest BCUT2D eigenvalue weighted by Gasteiger charge is 2.24. The lowest BCUT2D eigenvalue weighted by atomic mass is 10.3. The summed E-state index contributed by atoms with van der Waals surface area (Å²) in [6.07, 6.45) is 7.03. The molecule has 1 aliphatic rings. The van der Waals surface area contributed by atoms with Crippen LogP contribution in [0.1, 0.15) is 0 Å².